The smallest absolute Gasteiger partial charge is 0.277 e. The van der Waals surface area contributed by atoms with Gasteiger partial charge in [-0.25, -0.2) is 14.8 Å². The molecule has 1 aromatic heterocycles. The molecule has 0 aliphatic heterocycles. The van der Waals surface area contributed by atoms with Crippen molar-refractivity contribution in [3.63, 3.8) is 0 Å². The molecule has 0 fully saturated rings. The Balaban J connectivity index is 1.28. The van der Waals surface area contributed by atoms with E-state index in [1.54, 1.807) is 24.3 Å². The van der Waals surface area contributed by atoms with E-state index in [1.165, 1.54) is 18.3 Å². The molecule has 0 saturated carbocycles. The van der Waals surface area contributed by atoms with Gasteiger partial charge in [0, 0.05) is 15.4 Å². The largest absolute Gasteiger partial charge is 0.484 e. The molecule has 7 heteroatoms. The molecule has 5 aromatic rings. The number of carbonyl (C=O) groups excluding carboxylic acids is 1. The summed E-state index contributed by atoms with van der Waals surface area (Å²) in [4.78, 5) is 16.9. The van der Waals surface area contributed by atoms with Gasteiger partial charge in [0.25, 0.3) is 5.91 Å². The van der Waals surface area contributed by atoms with E-state index in [0.29, 0.717) is 11.3 Å². The van der Waals surface area contributed by atoms with Gasteiger partial charge in [0.15, 0.2) is 6.61 Å². The maximum Gasteiger partial charge on any atom is 0.277 e. The predicted molar refractivity (Wildman–Crippen MR) is 148 cm³/mol. The summed E-state index contributed by atoms with van der Waals surface area (Å²) >= 11 is 3.57. The number of hydrogen-bond donors (Lipinski definition) is 1. The molecule has 0 atom stereocenters. The van der Waals surface area contributed by atoms with Crippen molar-refractivity contribution in [2.24, 2.45) is 5.10 Å². The van der Waals surface area contributed by atoms with E-state index in [1.807, 2.05) is 42.5 Å². The minimum atomic E-state index is -0.405. The van der Waals surface area contributed by atoms with E-state index in [2.05, 4.69) is 50.7 Å². The molecule has 5 rings (SSSR count). The number of hydrazone groups is 1. The minimum absolute atomic E-state index is 0.193. The molecule has 0 radical (unpaired) electrons. The number of nitrogens with one attached hydrogen (secondary N) is 1. The standard InChI is InChI=1S/C30H21BrFN3O2/c31-23-10-15-28-27(16-23)26(21-4-2-1-3-5-21)17-29(34-28)22-8-13-25(14-9-22)37-19-30(36)35-33-18-20-6-11-24(32)12-7-20/h1-18H,19H2,(H,35,36)/b33-18-. The summed E-state index contributed by atoms with van der Waals surface area (Å²) in [6, 6.07) is 31.6. The zero-order valence-electron chi connectivity index (χ0n) is 19.6. The molecule has 0 saturated heterocycles. The van der Waals surface area contributed by atoms with E-state index < -0.39 is 5.91 Å². The van der Waals surface area contributed by atoms with Crippen molar-refractivity contribution >= 4 is 39.0 Å². The van der Waals surface area contributed by atoms with Crippen LogP contribution in [0.4, 0.5) is 4.39 Å². The Morgan fingerprint density at radius 1 is 0.919 bits per heavy atom. The third kappa shape index (κ3) is 6.08. The Bertz CT molecular complexity index is 1570. The molecule has 182 valence electrons. The Morgan fingerprint density at radius 2 is 1.68 bits per heavy atom. The summed E-state index contributed by atoms with van der Waals surface area (Å²) in [5.41, 5.74) is 7.95. The summed E-state index contributed by atoms with van der Waals surface area (Å²) in [6.45, 7) is -0.193. The quantitative estimate of drug-likeness (QED) is 0.174. The van der Waals surface area contributed by atoms with Crippen LogP contribution in [-0.2, 0) is 4.79 Å². The topological polar surface area (TPSA) is 63.6 Å². The van der Waals surface area contributed by atoms with Crippen molar-refractivity contribution in [3.05, 3.63) is 119 Å². The third-order valence-electron chi connectivity index (χ3n) is 5.65. The van der Waals surface area contributed by atoms with Gasteiger partial charge in [-0.15, -0.1) is 0 Å². The summed E-state index contributed by atoms with van der Waals surface area (Å²) in [5.74, 6) is -0.186. The van der Waals surface area contributed by atoms with Crippen molar-refractivity contribution in [2.45, 2.75) is 0 Å². The van der Waals surface area contributed by atoms with Crippen LogP contribution in [0, 0.1) is 5.82 Å². The van der Waals surface area contributed by atoms with Crippen LogP contribution in [0.1, 0.15) is 5.56 Å². The fraction of sp³-hybridized carbons (Fsp3) is 0.0333. The fourth-order valence-corrected chi connectivity index (χ4v) is 4.19. The van der Waals surface area contributed by atoms with Crippen LogP contribution in [0.3, 0.4) is 0 Å². The maximum absolute atomic E-state index is 12.9. The molecule has 4 aromatic carbocycles. The second-order valence-corrected chi connectivity index (χ2v) is 9.16. The van der Waals surface area contributed by atoms with E-state index >= 15 is 0 Å². The average Bonchev–Trinajstić information content (AvgIpc) is 2.93. The number of hydrogen-bond acceptors (Lipinski definition) is 4. The lowest BCUT2D eigenvalue weighted by atomic mass is 9.98. The highest BCUT2D eigenvalue weighted by molar-refractivity contribution is 9.10. The van der Waals surface area contributed by atoms with Gasteiger partial charge in [0.1, 0.15) is 11.6 Å². The highest BCUT2D eigenvalue weighted by Gasteiger charge is 2.11. The van der Waals surface area contributed by atoms with Gasteiger partial charge in [-0.2, -0.15) is 5.10 Å². The van der Waals surface area contributed by atoms with Crippen LogP contribution in [0.5, 0.6) is 5.75 Å². The van der Waals surface area contributed by atoms with Crippen LogP contribution in [0.2, 0.25) is 0 Å². The van der Waals surface area contributed by atoms with E-state index in [-0.39, 0.29) is 12.4 Å². The molecule has 0 aliphatic rings. The number of amides is 1. The van der Waals surface area contributed by atoms with Crippen molar-refractivity contribution < 1.29 is 13.9 Å². The molecular formula is C30H21BrFN3O2. The zero-order valence-corrected chi connectivity index (χ0v) is 21.2. The molecule has 37 heavy (non-hydrogen) atoms. The third-order valence-corrected chi connectivity index (χ3v) is 6.14. The Morgan fingerprint density at radius 3 is 2.43 bits per heavy atom. The van der Waals surface area contributed by atoms with Gasteiger partial charge in [-0.3, -0.25) is 4.79 Å². The Kier molecular flexibility index (Phi) is 7.33. The minimum Gasteiger partial charge on any atom is -0.484 e. The molecule has 0 spiro atoms. The van der Waals surface area contributed by atoms with Crippen molar-refractivity contribution in [1.82, 2.24) is 10.4 Å². The number of ether oxygens (including phenoxy) is 1. The normalized spacial score (nSPS) is 11.1. The summed E-state index contributed by atoms with van der Waals surface area (Å²) in [5, 5.41) is 4.93. The molecule has 1 heterocycles. The van der Waals surface area contributed by atoms with Crippen molar-refractivity contribution in [3.8, 4) is 28.1 Å². The molecule has 0 aliphatic carbocycles. The fourth-order valence-electron chi connectivity index (χ4n) is 3.83. The lowest BCUT2D eigenvalue weighted by molar-refractivity contribution is -0.123. The number of aromatic nitrogens is 1. The summed E-state index contributed by atoms with van der Waals surface area (Å²) in [6.07, 6.45) is 1.44. The monoisotopic (exact) mass is 553 g/mol. The van der Waals surface area contributed by atoms with Gasteiger partial charge in [0.05, 0.1) is 17.4 Å². The number of fused-ring (bicyclic) bond motifs is 1. The number of nitrogens with zero attached hydrogens (tertiary/aromatic N) is 2. The van der Waals surface area contributed by atoms with E-state index in [9.17, 15) is 9.18 Å². The summed E-state index contributed by atoms with van der Waals surface area (Å²) in [7, 11) is 0. The number of benzene rings is 4. The first-order valence-electron chi connectivity index (χ1n) is 11.5. The maximum atomic E-state index is 12.9. The van der Waals surface area contributed by atoms with Gasteiger partial charge in [-0.05, 0) is 77.4 Å². The van der Waals surface area contributed by atoms with Crippen molar-refractivity contribution in [2.75, 3.05) is 6.61 Å². The van der Waals surface area contributed by atoms with E-state index in [0.717, 1.165) is 37.8 Å². The van der Waals surface area contributed by atoms with Crippen LogP contribution in [0.15, 0.2) is 113 Å². The van der Waals surface area contributed by atoms with Gasteiger partial charge < -0.3 is 4.74 Å². The molecule has 1 amide bonds. The lowest BCUT2D eigenvalue weighted by Crippen LogP contribution is -2.24. The first-order chi connectivity index (χ1) is 18.0. The van der Waals surface area contributed by atoms with E-state index in [4.69, 9.17) is 9.72 Å². The lowest BCUT2D eigenvalue weighted by Gasteiger charge is -2.11. The first-order valence-corrected chi connectivity index (χ1v) is 12.3. The second kappa shape index (κ2) is 11.1. The number of rotatable bonds is 7. The number of halogens is 2. The zero-order chi connectivity index (χ0) is 25.6. The van der Waals surface area contributed by atoms with Gasteiger partial charge in [-0.1, -0.05) is 58.4 Å². The van der Waals surface area contributed by atoms with Crippen LogP contribution in [0.25, 0.3) is 33.3 Å². The highest BCUT2D eigenvalue weighted by Crippen LogP contribution is 2.34. The summed E-state index contributed by atoms with van der Waals surface area (Å²) < 4.78 is 19.5. The van der Waals surface area contributed by atoms with Crippen LogP contribution in [-0.4, -0.2) is 23.7 Å². The predicted octanol–water partition coefficient (Wildman–Crippen LogP) is 7.00. The van der Waals surface area contributed by atoms with Crippen LogP contribution >= 0.6 is 15.9 Å². The highest BCUT2D eigenvalue weighted by atomic mass is 79.9. The molecule has 1 N–H and O–H groups in total. The first kappa shape index (κ1) is 24.3. The molecular weight excluding hydrogens is 533 g/mol. The Labute approximate surface area is 221 Å². The van der Waals surface area contributed by atoms with Crippen molar-refractivity contribution in [1.29, 1.82) is 0 Å². The molecule has 0 unspecified atom stereocenters. The van der Waals surface area contributed by atoms with Gasteiger partial charge >= 0.3 is 0 Å². The average molecular weight is 554 g/mol. The molecule has 0 bridgehead atoms. The Hall–Kier alpha value is -4.36. The van der Waals surface area contributed by atoms with Crippen LogP contribution < -0.4 is 10.2 Å². The molecule has 5 nitrogen and oxygen atoms in total. The van der Waals surface area contributed by atoms with Gasteiger partial charge in [0.2, 0.25) is 0 Å². The number of carbonyl (C=O) groups is 1. The second-order valence-electron chi connectivity index (χ2n) is 8.24. The number of pyridine rings is 1. The SMILES string of the molecule is O=C(COc1ccc(-c2cc(-c3ccccc3)c3cc(Br)ccc3n2)cc1)N/N=C\c1ccc(F)cc1.